The van der Waals surface area contributed by atoms with E-state index >= 15 is 0 Å². The number of non-ortho nitro benzene ring substituents is 1. The van der Waals surface area contributed by atoms with Crippen LogP contribution in [0.4, 0.5) is 15.8 Å². The van der Waals surface area contributed by atoms with Gasteiger partial charge >= 0.3 is 0 Å². The first-order valence-electron chi connectivity index (χ1n) is 10.8. The molecule has 2 aromatic rings. The van der Waals surface area contributed by atoms with Crippen LogP contribution in [-0.2, 0) is 4.79 Å². The molecular formula is C23H25FN4O4. The Morgan fingerprint density at radius 3 is 2.09 bits per heavy atom. The Bertz CT molecular complexity index is 997. The minimum atomic E-state index is -0.498. The standard InChI is InChI=1S/C23H25FN4O4/c24-20-3-1-2-4-21(20)25-13-15-27(16-14-25)23(30)18-9-11-26(12-10-18)22(29)17-5-7-19(8-6-17)28(31)32/h1-8,18H,9-16H2. The van der Waals surface area contributed by atoms with Gasteiger partial charge in [-0.2, -0.15) is 0 Å². The fraction of sp³-hybridized carbons (Fsp3) is 0.391. The highest BCUT2D eigenvalue weighted by Crippen LogP contribution is 2.24. The van der Waals surface area contributed by atoms with E-state index in [1.54, 1.807) is 17.0 Å². The van der Waals surface area contributed by atoms with Crippen LogP contribution in [0.1, 0.15) is 23.2 Å². The van der Waals surface area contributed by atoms with E-state index in [1.165, 1.54) is 30.3 Å². The number of benzene rings is 2. The zero-order valence-corrected chi connectivity index (χ0v) is 17.7. The van der Waals surface area contributed by atoms with Crippen molar-refractivity contribution in [2.45, 2.75) is 12.8 Å². The number of rotatable bonds is 4. The van der Waals surface area contributed by atoms with Gasteiger partial charge in [0.25, 0.3) is 11.6 Å². The van der Waals surface area contributed by atoms with Crippen molar-refractivity contribution in [3.05, 3.63) is 70.0 Å². The average Bonchev–Trinajstić information content (AvgIpc) is 2.84. The lowest BCUT2D eigenvalue weighted by Gasteiger charge is -2.39. The Balaban J connectivity index is 1.28. The molecule has 0 spiro atoms. The molecule has 2 heterocycles. The second-order valence-electron chi connectivity index (χ2n) is 8.13. The van der Waals surface area contributed by atoms with Crippen molar-refractivity contribution in [2.24, 2.45) is 5.92 Å². The maximum Gasteiger partial charge on any atom is 0.269 e. The van der Waals surface area contributed by atoms with Gasteiger partial charge in [-0.1, -0.05) is 12.1 Å². The van der Waals surface area contributed by atoms with E-state index in [9.17, 15) is 24.1 Å². The number of halogens is 1. The first-order valence-corrected chi connectivity index (χ1v) is 10.8. The Kier molecular flexibility index (Phi) is 6.34. The average molecular weight is 440 g/mol. The van der Waals surface area contributed by atoms with Crippen LogP contribution in [0.2, 0.25) is 0 Å². The third-order valence-corrected chi connectivity index (χ3v) is 6.24. The summed E-state index contributed by atoms with van der Waals surface area (Å²) < 4.78 is 14.0. The van der Waals surface area contributed by atoms with E-state index in [0.717, 1.165) is 0 Å². The van der Waals surface area contributed by atoms with Crippen molar-refractivity contribution >= 4 is 23.2 Å². The quantitative estimate of drug-likeness (QED) is 0.539. The molecule has 0 atom stereocenters. The van der Waals surface area contributed by atoms with E-state index in [2.05, 4.69) is 0 Å². The molecule has 2 aliphatic rings. The molecule has 2 saturated heterocycles. The molecule has 2 fully saturated rings. The highest BCUT2D eigenvalue weighted by molar-refractivity contribution is 5.94. The Labute approximate surface area is 185 Å². The number of hydrogen-bond acceptors (Lipinski definition) is 5. The van der Waals surface area contributed by atoms with E-state index in [-0.39, 0.29) is 29.2 Å². The van der Waals surface area contributed by atoms with Gasteiger partial charge in [-0.15, -0.1) is 0 Å². The van der Waals surface area contributed by atoms with E-state index in [0.29, 0.717) is 63.4 Å². The lowest BCUT2D eigenvalue weighted by atomic mass is 9.94. The molecule has 0 N–H and O–H groups in total. The molecule has 0 aliphatic carbocycles. The normalized spacial score (nSPS) is 17.3. The summed E-state index contributed by atoms with van der Waals surface area (Å²) in [6.45, 7) is 3.22. The number of carbonyl (C=O) groups excluding carboxylic acids is 2. The molecule has 2 aliphatic heterocycles. The number of hydrogen-bond donors (Lipinski definition) is 0. The maximum atomic E-state index is 14.0. The number of para-hydroxylation sites is 1. The number of nitro groups is 1. The van der Waals surface area contributed by atoms with E-state index < -0.39 is 4.92 Å². The van der Waals surface area contributed by atoms with Crippen LogP contribution in [0.15, 0.2) is 48.5 Å². The molecule has 0 aromatic heterocycles. The second-order valence-corrected chi connectivity index (χ2v) is 8.13. The van der Waals surface area contributed by atoms with Crippen LogP contribution >= 0.6 is 0 Å². The van der Waals surface area contributed by atoms with Crippen molar-refractivity contribution in [2.75, 3.05) is 44.2 Å². The fourth-order valence-corrected chi connectivity index (χ4v) is 4.37. The third-order valence-electron chi connectivity index (χ3n) is 6.24. The molecular weight excluding hydrogens is 415 g/mol. The third kappa shape index (κ3) is 4.56. The Morgan fingerprint density at radius 1 is 0.875 bits per heavy atom. The molecule has 0 saturated carbocycles. The van der Waals surface area contributed by atoms with Crippen LogP contribution in [-0.4, -0.2) is 65.8 Å². The van der Waals surface area contributed by atoms with Gasteiger partial charge in [0.15, 0.2) is 0 Å². The summed E-state index contributed by atoms with van der Waals surface area (Å²) in [4.78, 5) is 41.4. The predicted molar refractivity (Wildman–Crippen MR) is 117 cm³/mol. The highest BCUT2D eigenvalue weighted by atomic mass is 19.1. The van der Waals surface area contributed by atoms with Crippen molar-refractivity contribution < 1.29 is 18.9 Å². The first-order chi connectivity index (χ1) is 15.4. The molecule has 0 radical (unpaired) electrons. The predicted octanol–water partition coefficient (Wildman–Crippen LogP) is 2.93. The van der Waals surface area contributed by atoms with Crippen LogP contribution in [0.3, 0.4) is 0 Å². The van der Waals surface area contributed by atoms with Gasteiger partial charge in [0, 0.05) is 62.9 Å². The van der Waals surface area contributed by atoms with Crippen LogP contribution in [0.5, 0.6) is 0 Å². The smallest absolute Gasteiger partial charge is 0.269 e. The van der Waals surface area contributed by atoms with Crippen molar-refractivity contribution in [3.63, 3.8) is 0 Å². The lowest BCUT2D eigenvalue weighted by molar-refractivity contribution is -0.384. The molecule has 2 amide bonds. The fourth-order valence-electron chi connectivity index (χ4n) is 4.37. The molecule has 0 unspecified atom stereocenters. The summed E-state index contributed by atoms with van der Waals surface area (Å²) in [5.41, 5.74) is 0.920. The molecule has 32 heavy (non-hydrogen) atoms. The zero-order valence-electron chi connectivity index (χ0n) is 17.7. The molecule has 0 bridgehead atoms. The van der Waals surface area contributed by atoms with Crippen LogP contribution in [0, 0.1) is 21.8 Å². The number of nitro benzene ring substituents is 1. The zero-order chi connectivity index (χ0) is 22.7. The number of piperidine rings is 1. The van der Waals surface area contributed by atoms with Gasteiger partial charge in [0.2, 0.25) is 5.91 Å². The van der Waals surface area contributed by atoms with Gasteiger partial charge in [-0.25, -0.2) is 4.39 Å². The molecule has 4 rings (SSSR count). The van der Waals surface area contributed by atoms with E-state index in [1.807, 2.05) is 15.9 Å². The van der Waals surface area contributed by atoms with Gasteiger partial charge in [0.1, 0.15) is 5.82 Å². The summed E-state index contributed by atoms with van der Waals surface area (Å²) in [7, 11) is 0. The summed E-state index contributed by atoms with van der Waals surface area (Å²) in [6.07, 6.45) is 1.18. The van der Waals surface area contributed by atoms with Crippen LogP contribution < -0.4 is 4.90 Å². The van der Waals surface area contributed by atoms with Crippen molar-refractivity contribution in [3.8, 4) is 0 Å². The lowest BCUT2D eigenvalue weighted by Crippen LogP contribution is -2.52. The number of piperazine rings is 1. The first kappa shape index (κ1) is 21.7. The summed E-state index contributed by atoms with van der Waals surface area (Å²) in [6, 6.07) is 12.2. The van der Waals surface area contributed by atoms with Crippen LogP contribution in [0.25, 0.3) is 0 Å². The number of anilines is 1. The van der Waals surface area contributed by atoms with Gasteiger partial charge in [-0.3, -0.25) is 19.7 Å². The summed E-state index contributed by atoms with van der Waals surface area (Å²) >= 11 is 0. The van der Waals surface area contributed by atoms with Crippen molar-refractivity contribution in [1.82, 2.24) is 9.80 Å². The Morgan fingerprint density at radius 2 is 1.50 bits per heavy atom. The van der Waals surface area contributed by atoms with E-state index in [4.69, 9.17) is 0 Å². The minimum Gasteiger partial charge on any atom is -0.366 e. The van der Waals surface area contributed by atoms with Gasteiger partial charge in [0.05, 0.1) is 10.6 Å². The minimum absolute atomic E-state index is 0.0547. The number of likely N-dealkylation sites (tertiary alicyclic amines) is 1. The molecule has 9 heteroatoms. The topological polar surface area (TPSA) is 87.0 Å². The largest absolute Gasteiger partial charge is 0.366 e. The highest BCUT2D eigenvalue weighted by Gasteiger charge is 2.32. The molecule has 8 nitrogen and oxygen atoms in total. The second kappa shape index (κ2) is 9.33. The summed E-state index contributed by atoms with van der Waals surface area (Å²) in [5, 5.41) is 10.8. The monoisotopic (exact) mass is 440 g/mol. The number of carbonyl (C=O) groups is 2. The Hall–Kier alpha value is -3.49. The SMILES string of the molecule is O=C(c1ccc([N+](=O)[O-])cc1)N1CCC(C(=O)N2CCN(c3ccccc3F)CC2)CC1. The van der Waals surface area contributed by atoms with Gasteiger partial charge in [-0.05, 0) is 37.1 Å². The van der Waals surface area contributed by atoms with Gasteiger partial charge < -0.3 is 14.7 Å². The summed E-state index contributed by atoms with van der Waals surface area (Å²) in [5.74, 6) is -0.460. The molecule has 2 aromatic carbocycles. The molecule has 168 valence electrons. The maximum absolute atomic E-state index is 14.0. The number of nitrogens with zero attached hydrogens (tertiary/aromatic N) is 4. The van der Waals surface area contributed by atoms with Crippen molar-refractivity contribution in [1.29, 1.82) is 0 Å². The number of amides is 2.